The van der Waals surface area contributed by atoms with Gasteiger partial charge in [0.25, 0.3) is 5.69 Å². The van der Waals surface area contributed by atoms with Crippen molar-refractivity contribution in [3.63, 3.8) is 0 Å². The fourth-order valence-electron chi connectivity index (χ4n) is 2.12. The van der Waals surface area contributed by atoms with Gasteiger partial charge in [-0.05, 0) is 41.5 Å². The van der Waals surface area contributed by atoms with Crippen LogP contribution in [0.25, 0.3) is 6.08 Å². The maximum atomic E-state index is 11.9. The minimum absolute atomic E-state index is 0.00429. The standard InChI is InChI=1S/C20H21N3O4/c1-14(2)20(25)22-17-8-3-16(4-9-17)13-21-19(24)12-7-15-5-10-18(11-6-15)23(26)27/h3-12,14H,13H2,1-2H3,(H,21,24)(H,22,25)/b12-7+. The summed E-state index contributed by atoms with van der Waals surface area (Å²) in [7, 11) is 0. The van der Waals surface area contributed by atoms with Gasteiger partial charge in [0.05, 0.1) is 4.92 Å². The Balaban J connectivity index is 1.84. The predicted octanol–water partition coefficient (Wildman–Crippen LogP) is 3.52. The van der Waals surface area contributed by atoms with E-state index in [0.29, 0.717) is 17.8 Å². The number of nitro benzene ring substituents is 1. The third kappa shape index (κ3) is 6.39. The second-order valence-corrected chi connectivity index (χ2v) is 6.24. The van der Waals surface area contributed by atoms with Gasteiger partial charge in [0.15, 0.2) is 0 Å². The molecule has 0 spiro atoms. The number of nitro groups is 1. The number of nitrogens with zero attached hydrogens (tertiary/aromatic N) is 1. The molecular formula is C20H21N3O4. The van der Waals surface area contributed by atoms with Crippen LogP contribution in [-0.4, -0.2) is 16.7 Å². The van der Waals surface area contributed by atoms with Crippen LogP contribution in [0, 0.1) is 16.0 Å². The van der Waals surface area contributed by atoms with Crippen LogP contribution < -0.4 is 10.6 Å². The van der Waals surface area contributed by atoms with Gasteiger partial charge >= 0.3 is 0 Å². The summed E-state index contributed by atoms with van der Waals surface area (Å²) in [4.78, 5) is 33.7. The van der Waals surface area contributed by atoms with Gasteiger partial charge in [-0.25, -0.2) is 0 Å². The monoisotopic (exact) mass is 367 g/mol. The maximum Gasteiger partial charge on any atom is 0.269 e. The SMILES string of the molecule is CC(C)C(=O)Nc1ccc(CNC(=O)/C=C/c2ccc([N+](=O)[O-])cc2)cc1. The Bertz CT molecular complexity index is 841. The van der Waals surface area contributed by atoms with Gasteiger partial charge in [0, 0.05) is 36.4 Å². The zero-order valence-electron chi connectivity index (χ0n) is 15.1. The summed E-state index contributed by atoms with van der Waals surface area (Å²) in [5, 5.41) is 16.2. The van der Waals surface area contributed by atoms with Crippen LogP contribution in [0.3, 0.4) is 0 Å². The lowest BCUT2D eigenvalue weighted by atomic mass is 10.1. The van der Waals surface area contributed by atoms with Crippen molar-refractivity contribution in [2.75, 3.05) is 5.32 Å². The molecule has 0 fully saturated rings. The van der Waals surface area contributed by atoms with Crippen LogP contribution in [0.1, 0.15) is 25.0 Å². The van der Waals surface area contributed by atoms with E-state index < -0.39 is 4.92 Å². The smallest absolute Gasteiger partial charge is 0.269 e. The second kappa shape index (κ2) is 9.28. The summed E-state index contributed by atoms with van der Waals surface area (Å²) in [6.07, 6.45) is 2.96. The zero-order valence-corrected chi connectivity index (χ0v) is 15.1. The van der Waals surface area contributed by atoms with E-state index in [2.05, 4.69) is 10.6 Å². The van der Waals surface area contributed by atoms with Gasteiger partial charge in [0.1, 0.15) is 0 Å². The summed E-state index contributed by atoms with van der Waals surface area (Å²) in [5.74, 6) is -0.413. The van der Waals surface area contributed by atoms with Crippen LogP contribution in [0.5, 0.6) is 0 Å². The number of non-ortho nitro benzene ring substituents is 1. The van der Waals surface area contributed by atoms with E-state index in [1.807, 2.05) is 26.0 Å². The van der Waals surface area contributed by atoms with Gasteiger partial charge in [-0.2, -0.15) is 0 Å². The lowest BCUT2D eigenvalue weighted by Gasteiger charge is -2.08. The molecule has 0 aliphatic rings. The van der Waals surface area contributed by atoms with Crippen molar-refractivity contribution in [2.24, 2.45) is 5.92 Å². The second-order valence-electron chi connectivity index (χ2n) is 6.24. The average molecular weight is 367 g/mol. The van der Waals surface area contributed by atoms with Gasteiger partial charge in [-0.15, -0.1) is 0 Å². The Hall–Kier alpha value is -3.48. The van der Waals surface area contributed by atoms with Crippen molar-refractivity contribution < 1.29 is 14.5 Å². The van der Waals surface area contributed by atoms with Crippen molar-refractivity contribution in [2.45, 2.75) is 20.4 Å². The fourth-order valence-corrected chi connectivity index (χ4v) is 2.12. The third-order valence-electron chi connectivity index (χ3n) is 3.74. The van der Waals surface area contributed by atoms with E-state index in [-0.39, 0.29) is 23.4 Å². The fraction of sp³-hybridized carbons (Fsp3) is 0.200. The van der Waals surface area contributed by atoms with Crippen molar-refractivity contribution >= 4 is 29.3 Å². The molecule has 0 unspecified atom stereocenters. The normalized spacial score (nSPS) is 10.8. The number of carbonyl (C=O) groups excluding carboxylic acids is 2. The Morgan fingerprint density at radius 3 is 2.26 bits per heavy atom. The molecule has 0 atom stereocenters. The van der Waals surface area contributed by atoms with Crippen molar-refractivity contribution in [3.8, 4) is 0 Å². The quantitative estimate of drug-likeness (QED) is 0.444. The summed E-state index contributed by atoms with van der Waals surface area (Å²) >= 11 is 0. The summed E-state index contributed by atoms with van der Waals surface area (Å²) in [6.45, 7) is 3.99. The molecule has 0 saturated heterocycles. The molecule has 2 N–H and O–H groups in total. The van der Waals surface area contributed by atoms with Gasteiger partial charge < -0.3 is 10.6 Å². The molecule has 0 aliphatic heterocycles. The molecule has 140 valence electrons. The first-order valence-corrected chi connectivity index (χ1v) is 8.45. The minimum atomic E-state index is -0.472. The average Bonchev–Trinajstić information content (AvgIpc) is 2.66. The van der Waals surface area contributed by atoms with E-state index >= 15 is 0 Å². The van der Waals surface area contributed by atoms with Gasteiger partial charge in [-0.3, -0.25) is 19.7 Å². The number of nitrogens with one attached hydrogen (secondary N) is 2. The zero-order chi connectivity index (χ0) is 19.8. The van der Waals surface area contributed by atoms with Crippen LogP contribution >= 0.6 is 0 Å². The molecule has 2 aromatic carbocycles. The highest BCUT2D eigenvalue weighted by atomic mass is 16.6. The topological polar surface area (TPSA) is 101 Å². The van der Waals surface area contributed by atoms with Crippen LogP contribution in [-0.2, 0) is 16.1 Å². The number of anilines is 1. The third-order valence-corrected chi connectivity index (χ3v) is 3.74. The largest absolute Gasteiger partial charge is 0.348 e. The van der Waals surface area contributed by atoms with Crippen molar-refractivity contribution in [1.29, 1.82) is 0 Å². The molecule has 27 heavy (non-hydrogen) atoms. The first kappa shape index (κ1) is 19.8. The Morgan fingerprint density at radius 2 is 1.70 bits per heavy atom. The molecule has 7 heteroatoms. The molecule has 0 aromatic heterocycles. The Labute approximate surface area is 157 Å². The minimum Gasteiger partial charge on any atom is -0.348 e. The highest BCUT2D eigenvalue weighted by Gasteiger charge is 2.07. The first-order chi connectivity index (χ1) is 12.8. The van der Waals surface area contributed by atoms with Crippen molar-refractivity contribution in [3.05, 3.63) is 75.8 Å². The number of amides is 2. The van der Waals surface area contributed by atoms with E-state index in [0.717, 1.165) is 5.56 Å². The van der Waals surface area contributed by atoms with E-state index in [9.17, 15) is 19.7 Å². The first-order valence-electron chi connectivity index (χ1n) is 8.45. The molecule has 0 bridgehead atoms. The molecular weight excluding hydrogens is 346 g/mol. The van der Waals surface area contributed by atoms with Crippen molar-refractivity contribution in [1.82, 2.24) is 5.32 Å². The van der Waals surface area contributed by atoms with Gasteiger partial charge in [-0.1, -0.05) is 26.0 Å². The van der Waals surface area contributed by atoms with Crippen LogP contribution in [0.2, 0.25) is 0 Å². The number of hydrogen-bond acceptors (Lipinski definition) is 4. The number of rotatable bonds is 7. The molecule has 0 saturated carbocycles. The molecule has 0 aliphatic carbocycles. The maximum absolute atomic E-state index is 11.9. The Kier molecular flexibility index (Phi) is 6.82. The van der Waals surface area contributed by atoms with E-state index in [1.54, 1.807) is 30.3 Å². The molecule has 2 aromatic rings. The highest BCUT2D eigenvalue weighted by Crippen LogP contribution is 2.13. The summed E-state index contributed by atoms with van der Waals surface area (Å²) in [5.41, 5.74) is 2.31. The Morgan fingerprint density at radius 1 is 1.07 bits per heavy atom. The molecule has 0 radical (unpaired) electrons. The highest BCUT2D eigenvalue weighted by molar-refractivity contribution is 5.92. The lowest BCUT2D eigenvalue weighted by Crippen LogP contribution is -2.20. The lowest BCUT2D eigenvalue weighted by molar-refractivity contribution is -0.384. The molecule has 0 heterocycles. The number of benzene rings is 2. The van der Waals surface area contributed by atoms with E-state index in [4.69, 9.17) is 0 Å². The van der Waals surface area contributed by atoms with Gasteiger partial charge in [0.2, 0.25) is 11.8 Å². The number of carbonyl (C=O) groups is 2. The van der Waals surface area contributed by atoms with Crippen LogP contribution in [0.15, 0.2) is 54.6 Å². The predicted molar refractivity (Wildman–Crippen MR) is 104 cm³/mol. The molecule has 2 rings (SSSR count). The molecule has 2 amide bonds. The molecule has 7 nitrogen and oxygen atoms in total. The van der Waals surface area contributed by atoms with E-state index in [1.165, 1.54) is 18.2 Å². The van der Waals surface area contributed by atoms with Crippen LogP contribution in [0.4, 0.5) is 11.4 Å². The summed E-state index contributed by atoms with van der Waals surface area (Å²) < 4.78 is 0. The number of hydrogen-bond donors (Lipinski definition) is 2. The summed E-state index contributed by atoms with van der Waals surface area (Å²) in [6, 6.07) is 13.2.